The fourth-order valence-corrected chi connectivity index (χ4v) is 6.22. The quantitative estimate of drug-likeness (QED) is 0.183. The molecule has 0 aliphatic heterocycles. The number of nitrogens with one attached hydrogen (secondary N) is 4. The maximum Gasteiger partial charge on any atom is 0.255 e. The zero-order valence-corrected chi connectivity index (χ0v) is 28.1. The maximum atomic E-state index is 13.5. The number of hydrogen-bond acceptors (Lipinski definition) is 10. The molecule has 0 heterocycles. The molecule has 0 bridgehead atoms. The molecule has 2 aliphatic carbocycles. The fraction of sp³-hybridized carbons (Fsp3) is 0.529. The van der Waals surface area contributed by atoms with Gasteiger partial charge in [0.15, 0.2) is 0 Å². The number of benzene rings is 2. The number of nitrogens with two attached hydrogens (primary N) is 2. The molecular formula is C34H48N6O8. The largest absolute Gasteiger partial charge is 0.496 e. The van der Waals surface area contributed by atoms with E-state index in [1.165, 1.54) is 46.6 Å². The lowest BCUT2D eigenvalue weighted by Gasteiger charge is -2.30. The first kappa shape index (κ1) is 36.3. The highest BCUT2D eigenvalue weighted by Gasteiger charge is 2.29. The Morgan fingerprint density at radius 1 is 0.562 bits per heavy atom. The van der Waals surface area contributed by atoms with Gasteiger partial charge in [-0.3, -0.25) is 19.2 Å². The second-order valence-corrected chi connectivity index (χ2v) is 12.1. The standard InChI is InChI=1S/C34H48N6O8/c1-45-27-17-28(46-2)24(15-23(27)31(41)37-14-13-35)32(42)39-21-9-11-22(12-10-21)40-34(44)26-16-25(29(47-3)18-30(26)48-4)33(43)38-20-7-5-19(36)6-8-20/h15-22H,5-14,35-36H2,1-4H3,(H,37,41)(H,38,43)(H,39,42)(H,40,44)/t19-,20+,21-,22+. The van der Waals surface area contributed by atoms with Gasteiger partial charge in [0.2, 0.25) is 0 Å². The van der Waals surface area contributed by atoms with Crippen LogP contribution in [0.15, 0.2) is 24.3 Å². The predicted molar refractivity (Wildman–Crippen MR) is 179 cm³/mol. The summed E-state index contributed by atoms with van der Waals surface area (Å²) in [5.74, 6) is -0.368. The molecule has 0 unspecified atom stereocenters. The van der Waals surface area contributed by atoms with E-state index in [1.807, 2.05) is 0 Å². The van der Waals surface area contributed by atoms with Crippen molar-refractivity contribution in [2.75, 3.05) is 41.5 Å². The summed E-state index contributed by atoms with van der Waals surface area (Å²) in [6.07, 6.45) is 5.71. The van der Waals surface area contributed by atoms with Crippen molar-refractivity contribution in [2.24, 2.45) is 11.5 Å². The van der Waals surface area contributed by atoms with Gasteiger partial charge in [0.1, 0.15) is 23.0 Å². The van der Waals surface area contributed by atoms with Crippen LogP contribution in [0.5, 0.6) is 23.0 Å². The van der Waals surface area contributed by atoms with Crippen LogP contribution in [0.3, 0.4) is 0 Å². The highest BCUT2D eigenvalue weighted by Crippen LogP contribution is 2.32. The Balaban J connectivity index is 1.39. The highest BCUT2D eigenvalue weighted by molar-refractivity contribution is 6.04. The Morgan fingerprint density at radius 2 is 0.875 bits per heavy atom. The van der Waals surface area contributed by atoms with Crippen LogP contribution < -0.4 is 51.7 Å². The summed E-state index contributed by atoms with van der Waals surface area (Å²) in [5.41, 5.74) is 12.4. The third-order valence-corrected chi connectivity index (χ3v) is 8.96. The van der Waals surface area contributed by atoms with Crippen molar-refractivity contribution < 1.29 is 38.1 Å². The van der Waals surface area contributed by atoms with Gasteiger partial charge in [-0.2, -0.15) is 0 Å². The molecule has 0 aromatic heterocycles. The zero-order valence-electron chi connectivity index (χ0n) is 28.1. The minimum Gasteiger partial charge on any atom is -0.496 e. The highest BCUT2D eigenvalue weighted by atomic mass is 16.5. The molecule has 4 rings (SSSR count). The molecule has 0 saturated heterocycles. The van der Waals surface area contributed by atoms with Crippen molar-refractivity contribution in [3.8, 4) is 23.0 Å². The van der Waals surface area contributed by atoms with E-state index in [4.69, 9.17) is 30.4 Å². The third-order valence-electron chi connectivity index (χ3n) is 8.96. The number of carbonyl (C=O) groups excluding carboxylic acids is 4. The molecule has 2 aromatic rings. The molecule has 8 N–H and O–H groups in total. The van der Waals surface area contributed by atoms with E-state index in [1.54, 1.807) is 6.07 Å². The topological polar surface area (TPSA) is 205 Å². The summed E-state index contributed by atoms with van der Waals surface area (Å²) < 4.78 is 21.7. The lowest BCUT2D eigenvalue weighted by Crippen LogP contribution is -2.44. The van der Waals surface area contributed by atoms with Gasteiger partial charge in [-0.25, -0.2) is 0 Å². The van der Waals surface area contributed by atoms with Crippen molar-refractivity contribution in [3.63, 3.8) is 0 Å². The van der Waals surface area contributed by atoms with Gasteiger partial charge in [-0.1, -0.05) is 0 Å². The van der Waals surface area contributed by atoms with Gasteiger partial charge in [0, 0.05) is 49.4 Å². The smallest absolute Gasteiger partial charge is 0.255 e. The zero-order chi connectivity index (χ0) is 34.8. The number of amides is 4. The van der Waals surface area contributed by atoms with E-state index < -0.39 is 5.91 Å². The van der Waals surface area contributed by atoms with E-state index in [0.717, 1.165) is 25.7 Å². The molecule has 2 aromatic carbocycles. The molecule has 2 saturated carbocycles. The molecular weight excluding hydrogens is 620 g/mol. The maximum absolute atomic E-state index is 13.5. The number of methoxy groups -OCH3 is 4. The van der Waals surface area contributed by atoms with Crippen molar-refractivity contribution >= 4 is 23.6 Å². The third kappa shape index (κ3) is 8.86. The van der Waals surface area contributed by atoms with Crippen LogP contribution in [-0.2, 0) is 0 Å². The number of rotatable bonds is 13. The monoisotopic (exact) mass is 668 g/mol. The summed E-state index contributed by atoms with van der Waals surface area (Å²) in [5, 5.41) is 11.9. The fourth-order valence-electron chi connectivity index (χ4n) is 6.22. The molecule has 262 valence electrons. The lowest BCUT2D eigenvalue weighted by atomic mass is 9.90. The molecule has 2 fully saturated rings. The van der Waals surface area contributed by atoms with Gasteiger partial charge < -0.3 is 51.7 Å². The van der Waals surface area contributed by atoms with Crippen molar-refractivity contribution in [2.45, 2.75) is 75.5 Å². The first-order chi connectivity index (χ1) is 23.1. The Morgan fingerprint density at radius 3 is 1.19 bits per heavy atom. The van der Waals surface area contributed by atoms with E-state index in [-0.39, 0.29) is 94.5 Å². The van der Waals surface area contributed by atoms with Crippen molar-refractivity contribution in [3.05, 3.63) is 46.5 Å². The predicted octanol–water partition coefficient (Wildman–Crippen LogP) is 1.88. The first-order valence-corrected chi connectivity index (χ1v) is 16.3. The van der Waals surface area contributed by atoms with Crippen LogP contribution in [0.25, 0.3) is 0 Å². The van der Waals surface area contributed by atoms with Crippen molar-refractivity contribution in [1.82, 2.24) is 21.3 Å². The Labute approximate surface area is 280 Å². The Kier molecular flexibility index (Phi) is 12.9. The van der Waals surface area contributed by atoms with Crippen LogP contribution in [0.1, 0.15) is 92.8 Å². The number of ether oxygens (including phenoxy) is 4. The summed E-state index contributed by atoms with van der Waals surface area (Å²) in [6, 6.07) is 5.86. The number of hydrogen-bond donors (Lipinski definition) is 6. The molecule has 0 atom stereocenters. The van der Waals surface area contributed by atoms with Crippen LogP contribution in [0.4, 0.5) is 0 Å². The van der Waals surface area contributed by atoms with Crippen LogP contribution in [0.2, 0.25) is 0 Å². The minimum atomic E-state index is -0.416. The first-order valence-electron chi connectivity index (χ1n) is 16.3. The normalized spacial score (nSPS) is 20.5. The molecule has 14 nitrogen and oxygen atoms in total. The van der Waals surface area contributed by atoms with Crippen molar-refractivity contribution in [1.29, 1.82) is 0 Å². The average Bonchev–Trinajstić information content (AvgIpc) is 3.10. The van der Waals surface area contributed by atoms with E-state index in [0.29, 0.717) is 31.4 Å². The summed E-state index contributed by atoms with van der Waals surface area (Å²) in [7, 11) is 5.79. The molecule has 48 heavy (non-hydrogen) atoms. The minimum absolute atomic E-state index is 0.00532. The average molecular weight is 669 g/mol. The summed E-state index contributed by atoms with van der Waals surface area (Å²) in [4.78, 5) is 52.8. The van der Waals surface area contributed by atoms with Crippen LogP contribution in [0, 0.1) is 0 Å². The van der Waals surface area contributed by atoms with Gasteiger partial charge in [-0.15, -0.1) is 0 Å². The second-order valence-electron chi connectivity index (χ2n) is 12.1. The summed E-state index contributed by atoms with van der Waals surface area (Å²) >= 11 is 0. The second kappa shape index (κ2) is 17.0. The van der Waals surface area contributed by atoms with Gasteiger partial charge in [0.05, 0.1) is 50.7 Å². The van der Waals surface area contributed by atoms with Crippen LogP contribution >= 0.6 is 0 Å². The molecule has 0 radical (unpaired) electrons. The Hall–Kier alpha value is -4.56. The van der Waals surface area contributed by atoms with Crippen LogP contribution in [-0.4, -0.2) is 89.3 Å². The molecule has 0 spiro atoms. The SMILES string of the molecule is COc1cc(OC)c(C(=O)N[C@H]2CC[C@@H](NC(=O)c3cc(C(=O)N[C@H]4CC[C@@H](N)CC4)c(OC)cc3OC)CC2)cc1C(=O)NCCN. The van der Waals surface area contributed by atoms with E-state index >= 15 is 0 Å². The lowest BCUT2D eigenvalue weighted by molar-refractivity contribution is 0.0886. The molecule has 14 heteroatoms. The molecule has 2 aliphatic rings. The van der Waals surface area contributed by atoms with Gasteiger partial charge in [-0.05, 0) is 63.5 Å². The van der Waals surface area contributed by atoms with Gasteiger partial charge in [0.25, 0.3) is 23.6 Å². The summed E-state index contributed by atoms with van der Waals surface area (Å²) in [6.45, 7) is 0.538. The Bertz CT molecular complexity index is 1470. The van der Waals surface area contributed by atoms with Gasteiger partial charge >= 0.3 is 0 Å². The van der Waals surface area contributed by atoms with E-state index in [2.05, 4.69) is 21.3 Å². The number of carbonyl (C=O) groups is 4. The van der Waals surface area contributed by atoms with E-state index in [9.17, 15) is 19.2 Å². The molecule has 4 amide bonds.